The van der Waals surface area contributed by atoms with Crippen molar-refractivity contribution in [1.82, 2.24) is 9.80 Å². The van der Waals surface area contributed by atoms with Crippen LogP contribution >= 0.6 is 11.3 Å². The van der Waals surface area contributed by atoms with Gasteiger partial charge < -0.3 is 14.9 Å². The Labute approximate surface area is 144 Å². The summed E-state index contributed by atoms with van der Waals surface area (Å²) in [5, 5.41) is 12.9. The highest BCUT2D eigenvalue weighted by Gasteiger charge is 2.55. The Kier molecular flexibility index (Phi) is 3.62. The Hall–Kier alpha value is -1.92. The largest absolute Gasteiger partial charge is 0.481 e. The quantitative estimate of drug-likeness (QED) is 0.909. The van der Waals surface area contributed by atoms with E-state index >= 15 is 0 Å². The van der Waals surface area contributed by atoms with Gasteiger partial charge >= 0.3 is 5.97 Å². The lowest BCUT2D eigenvalue weighted by molar-refractivity contribution is -0.153. The van der Waals surface area contributed by atoms with Crippen molar-refractivity contribution in [3.8, 4) is 0 Å². The van der Waals surface area contributed by atoms with Crippen LogP contribution in [-0.4, -0.2) is 60.0 Å². The summed E-state index contributed by atoms with van der Waals surface area (Å²) in [5.74, 6) is -0.788. The van der Waals surface area contributed by atoms with E-state index in [9.17, 15) is 14.7 Å². The normalized spacial score (nSPS) is 27.4. The number of carbonyl (C=O) groups is 2. The summed E-state index contributed by atoms with van der Waals surface area (Å²) < 4.78 is 1.16. The Morgan fingerprint density at radius 1 is 1.29 bits per heavy atom. The lowest BCUT2D eigenvalue weighted by atomic mass is 9.73. The number of fused-ring (bicyclic) bond motifs is 2. The number of rotatable bonds is 2. The second-order valence-electron chi connectivity index (χ2n) is 7.04. The van der Waals surface area contributed by atoms with Crippen molar-refractivity contribution in [2.45, 2.75) is 6.42 Å². The molecule has 2 fully saturated rings. The minimum absolute atomic E-state index is 0.0417. The Balaban J connectivity index is 1.63. The highest BCUT2D eigenvalue weighted by molar-refractivity contribution is 7.17. The first-order valence-corrected chi connectivity index (χ1v) is 9.06. The summed E-state index contributed by atoms with van der Waals surface area (Å²) >= 11 is 1.65. The number of carboxylic acids is 1. The summed E-state index contributed by atoms with van der Waals surface area (Å²) in [4.78, 5) is 28.7. The molecular formula is C18H20N2O3S. The molecule has 126 valence electrons. The van der Waals surface area contributed by atoms with Crippen molar-refractivity contribution in [1.29, 1.82) is 0 Å². The van der Waals surface area contributed by atoms with Crippen LogP contribution in [0.25, 0.3) is 10.1 Å². The molecule has 2 aliphatic heterocycles. The Morgan fingerprint density at radius 3 is 2.92 bits per heavy atom. The maximum absolute atomic E-state index is 12.9. The number of nitrogens with zero attached hydrogens (tertiary/aromatic N) is 2. The smallest absolute Gasteiger partial charge is 0.313 e. The number of likely N-dealkylation sites (tertiary alicyclic amines) is 2. The molecule has 1 amide bonds. The first kappa shape index (κ1) is 15.6. The molecule has 24 heavy (non-hydrogen) atoms. The van der Waals surface area contributed by atoms with Gasteiger partial charge in [0.1, 0.15) is 5.41 Å². The van der Waals surface area contributed by atoms with Crippen LogP contribution in [0.1, 0.15) is 16.8 Å². The lowest BCUT2D eigenvalue weighted by Crippen LogP contribution is -2.52. The highest BCUT2D eigenvalue weighted by atomic mass is 32.1. The molecular weight excluding hydrogens is 324 g/mol. The Morgan fingerprint density at radius 2 is 2.12 bits per heavy atom. The van der Waals surface area contributed by atoms with Gasteiger partial charge in [-0.05, 0) is 61.0 Å². The van der Waals surface area contributed by atoms with Gasteiger partial charge in [-0.25, -0.2) is 0 Å². The molecule has 0 unspecified atom stereocenters. The number of hydrogen-bond donors (Lipinski definition) is 1. The molecule has 2 aromatic rings. The van der Waals surface area contributed by atoms with Gasteiger partial charge in [0.2, 0.25) is 0 Å². The molecule has 0 radical (unpaired) electrons. The second kappa shape index (κ2) is 5.57. The molecule has 1 aromatic carbocycles. The fraction of sp³-hybridized carbons (Fsp3) is 0.444. The number of benzene rings is 1. The van der Waals surface area contributed by atoms with E-state index in [0.29, 0.717) is 25.2 Å². The molecule has 2 saturated heterocycles. The summed E-state index contributed by atoms with van der Waals surface area (Å²) in [6, 6.07) is 7.74. The van der Waals surface area contributed by atoms with E-state index in [1.807, 2.05) is 36.7 Å². The average Bonchev–Trinajstić information content (AvgIpc) is 3.17. The zero-order valence-corrected chi connectivity index (χ0v) is 14.4. The maximum atomic E-state index is 12.9. The van der Waals surface area contributed by atoms with Gasteiger partial charge in [0.15, 0.2) is 0 Å². The predicted octanol–water partition coefficient (Wildman–Crippen LogP) is 2.38. The monoisotopic (exact) mass is 344 g/mol. The van der Waals surface area contributed by atoms with Crippen molar-refractivity contribution in [3.05, 3.63) is 35.2 Å². The molecule has 1 aromatic heterocycles. The van der Waals surface area contributed by atoms with Crippen molar-refractivity contribution in [2.24, 2.45) is 11.3 Å². The van der Waals surface area contributed by atoms with Crippen LogP contribution in [0.15, 0.2) is 29.6 Å². The van der Waals surface area contributed by atoms with Gasteiger partial charge in [0, 0.05) is 29.9 Å². The van der Waals surface area contributed by atoms with Crippen molar-refractivity contribution >= 4 is 33.3 Å². The molecule has 6 heteroatoms. The van der Waals surface area contributed by atoms with Gasteiger partial charge in [0.25, 0.3) is 5.91 Å². The van der Waals surface area contributed by atoms with Crippen LogP contribution in [0, 0.1) is 11.3 Å². The van der Waals surface area contributed by atoms with Crippen LogP contribution in [0.5, 0.6) is 0 Å². The summed E-state index contributed by atoms with van der Waals surface area (Å²) in [6.07, 6.45) is 0.830. The SMILES string of the molecule is CN1CC[C@@H]2CN(C(=O)c3ccc4sccc4c3)C[C@]2(C(=O)O)C1. The minimum atomic E-state index is -0.824. The number of piperidine rings is 1. The van der Waals surface area contributed by atoms with Gasteiger partial charge in [-0.3, -0.25) is 9.59 Å². The van der Waals surface area contributed by atoms with Crippen molar-refractivity contribution in [3.63, 3.8) is 0 Å². The van der Waals surface area contributed by atoms with Gasteiger partial charge in [-0.1, -0.05) is 0 Å². The molecule has 0 bridgehead atoms. The number of carboxylic acid groups (broad SMARTS) is 1. The Bertz CT molecular complexity index is 817. The molecule has 0 saturated carbocycles. The molecule has 2 aliphatic rings. The third-order valence-electron chi connectivity index (χ3n) is 5.52. The first-order chi connectivity index (χ1) is 11.5. The summed E-state index contributed by atoms with van der Waals surface area (Å²) in [7, 11) is 1.95. The number of thiophene rings is 1. The molecule has 0 spiro atoms. The number of amides is 1. The van der Waals surface area contributed by atoms with Crippen molar-refractivity contribution < 1.29 is 14.7 Å². The number of aliphatic carboxylic acids is 1. The van der Waals surface area contributed by atoms with Gasteiger partial charge in [0.05, 0.1) is 0 Å². The second-order valence-corrected chi connectivity index (χ2v) is 7.99. The molecule has 1 N–H and O–H groups in total. The fourth-order valence-electron chi connectivity index (χ4n) is 4.21. The van der Waals surface area contributed by atoms with E-state index in [1.54, 1.807) is 16.2 Å². The zero-order valence-electron chi connectivity index (χ0n) is 13.6. The fourth-order valence-corrected chi connectivity index (χ4v) is 4.98. The first-order valence-electron chi connectivity index (χ1n) is 8.18. The van der Waals surface area contributed by atoms with Crippen LogP contribution < -0.4 is 0 Å². The highest BCUT2D eigenvalue weighted by Crippen LogP contribution is 2.42. The standard InChI is InChI=1S/C18H20N2O3S/c1-19-6-4-14-9-20(11-18(14,10-19)17(22)23)16(21)13-2-3-15-12(8-13)5-7-24-15/h2-3,5,7-8,14H,4,6,9-11H2,1H3,(H,22,23)/t14-,18-/m1/s1. The maximum Gasteiger partial charge on any atom is 0.313 e. The molecule has 2 atom stereocenters. The molecule has 4 rings (SSSR count). The zero-order chi connectivity index (χ0) is 16.9. The van der Waals surface area contributed by atoms with E-state index in [0.717, 1.165) is 23.1 Å². The van der Waals surface area contributed by atoms with Crippen LogP contribution in [0.3, 0.4) is 0 Å². The van der Waals surface area contributed by atoms with Gasteiger partial charge in [-0.2, -0.15) is 0 Å². The van der Waals surface area contributed by atoms with E-state index in [-0.39, 0.29) is 11.8 Å². The molecule has 5 nitrogen and oxygen atoms in total. The van der Waals surface area contributed by atoms with Crippen LogP contribution in [-0.2, 0) is 4.79 Å². The minimum Gasteiger partial charge on any atom is -0.481 e. The van der Waals surface area contributed by atoms with E-state index in [4.69, 9.17) is 0 Å². The topological polar surface area (TPSA) is 60.9 Å². The van der Waals surface area contributed by atoms with E-state index in [2.05, 4.69) is 4.90 Å². The average molecular weight is 344 g/mol. The van der Waals surface area contributed by atoms with Crippen LogP contribution in [0.4, 0.5) is 0 Å². The predicted molar refractivity (Wildman–Crippen MR) is 93.4 cm³/mol. The molecule has 3 heterocycles. The van der Waals surface area contributed by atoms with E-state index in [1.165, 1.54) is 0 Å². The third kappa shape index (κ3) is 2.32. The molecule has 0 aliphatic carbocycles. The number of carbonyl (C=O) groups excluding carboxylic acids is 1. The van der Waals surface area contributed by atoms with E-state index < -0.39 is 11.4 Å². The third-order valence-corrected chi connectivity index (χ3v) is 6.42. The van der Waals surface area contributed by atoms with Crippen molar-refractivity contribution in [2.75, 3.05) is 33.2 Å². The summed E-state index contributed by atoms with van der Waals surface area (Å²) in [5.41, 5.74) is -0.178. The van der Waals surface area contributed by atoms with Gasteiger partial charge in [-0.15, -0.1) is 11.3 Å². The lowest BCUT2D eigenvalue weighted by Gasteiger charge is -2.39. The number of hydrogen-bond acceptors (Lipinski definition) is 4. The summed E-state index contributed by atoms with van der Waals surface area (Å²) in [6.45, 7) is 2.25. The van der Waals surface area contributed by atoms with Crippen LogP contribution in [0.2, 0.25) is 0 Å².